The standard InChI is InChI=1S/C20H24N4O3/c1-3-27-17-7-4-6-16(14-17)18-15-21-24-10-8-19(22-20(18)24)23(9-5-12-25)11-13-26-2/h4,6-8,10,12,14-15H,3,5,9,11,13H2,1-2H3. The van der Waals surface area contributed by atoms with Gasteiger partial charge in [0.2, 0.25) is 0 Å². The van der Waals surface area contributed by atoms with Crippen LogP contribution in [-0.2, 0) is 9.53 Å². The van der Waals surface area contributed by atoms with Crippen LogP contribution in [0.4, 0.5) is 5.82 Å². The summed E-state index contributed by atoms with van der Waals surface area (Å²) in [5.41, 5.74) is 2.69. The highest BCUT2D eigenvalue weighted by Gasteiger charge is 2.13. The Labute approximate surface area is 158 Å². The molecule has 27 heavy (non-hydrogen) atoms. The first kappa shape index (κ1) is 18.8. The van der Waals surface area contributed by atoms with Crippen LogP contribution in [0.15, 0.2) is 42.7 Å². The van der Waals surface area contributed by atoms with Gasteiger partial charge in [-0.05, 0) is 30.7 Å². The van der Waals surface area contributed by atoms with Crippen LogP contribution in [0.3, 0.4) is 0 Å². The second kappa shape index (κ2) is 9.14. The summed E-state index contributed by atoms with van der Waals surface area (Å²) in [6.07, 6.45) is 5.05. The molecule has 142 valence electrons. The van der Waals surface area contributed by atoms with Crippen LogP contribution in [0.2, 0.25) is 0 Å². The van der Waals surface area contributed by atoms with E-state index in [9.17, 15) is 4.79 Å². The third kappa shape index (κ3) is 4.43. The lowest BCUT2D eigenvalue weighted by molar-refractivity contribution is -0.107. The minimum absolute atomic E-state index is 0.444. The van der Waals surface area contributed by atoms with E-state index >= 15 is 0 Å². The number of rotatable bonds is 10. The molecule has 0 N–H and O–H groups in total. The SMILES string of the molecule is CCOc1cccc(-c2cnn3ccc(N(CCC=O)CCOC)nc23)c1. The van der Waals surface area contributed by atoms with E-state index in [1.807, 2.05) is 54.5 Å². The second-order valence-electron chi connectivity index (χ2n) is 6.01. The first-order valence-electron chi connectivity index (χ1n) is 9.02. The van der Waals surface area contributed by atoms with Gasteiger partial charge in [0.05, 0.1) is 19.4 Å². The Morgan fingerprint density at radius 1 is 1.26 bits per heavy atom. The van der Waals surface area contributed by atoms with Crippen molar-refractivity contribution in [2.75, 3.05) is 38.3 Å². The molecule has 0 saturated heterocycles. The molecule has 2 heterocycles. The molecule has 0 amide bonds. The molecule has 0 spiro atoms. The smallest absolute Gasteiger partial charge is 0.165 e. The van der Waals surface area contributed by atoms with Crippen molar-refractivity contribution in [3.8, 4) is 16.9 Å². The molecule has 0 radical (unpaired) electrons. The van der Waals surface area contributed by atoms with Crippen molar-refractivity contribution in [1.29, 1.82) is 0 Å². The van der Waals surface area contributed by atoms with Gasteiger partial charge in [-0.15, -0.1) is 0 Å². The van der Waals surface area contributed by atoms with E-state index in [-0.39, 0.29) is 0 Å². The quantitative estimate of drug-likeness (QED) is 0.513. The Hall–Kier alpha value is -2.93. The zero-order chi connectivity index (χ0) is 19.1. The number of nitrogens with zero attached hydrogens (tertiary/aromatic N) is 4. The van der Waals surface area contributed by atoms with Gasteiger partial charge in [-0.1, -0.05) is 12.1 Å². The van der Waals surface area contributed by atoms with Crippen LogP contribution < -0.4 is 9.64 Å². The van der Waals surface area contributed by atoms with E-state index in [2.05, 4.69) is 5.10 Å². The number of hydrogen-bond donors (Lipinski definition) is 0. The fourth-order valence-corrected chi connectivity index (χ4v) is 2.91. The van der Waals surface area contributed by atoms with Gasteiger partial charge in [-0.2, -0.15) is 5.10 Å². The van der Waals surface area contributed by atoms with Crippen LogP contribution in [0, 0.1) is 0 Å². The maximum atomic E-state index is 10.8. The second-order valence-corrected chi connectivity index (χ2v) is 6.01. The predicted octanol–water partition coefficient (Wildman–Crippen LogP) is 2.84. The van der Waals surface area contributed by atoms with Gasteiger partial charge in [0.15, 0.2) is 5.65 Å². The fraction of sp³-hybridized carbons (Fsp3) is 0.350. The molecule has 0 unspecified atom stereocenters. The van der Waals surface area contributed by atoms with E-state index in [0.717, 1.165) is 34.6 Å². The van der Waals surface area contributed by atoms with E-state index < -0.39 is 0 Å². The molecule has 7 nitrogen and oxygen atoms in total. The monoisotopic (exact) mass is 368 g/mol. The number of aldehydes is 1. The number of ether oxygens (including phenoxy) is 2. The normalized spacial score (nSPS) is 10.9. The van der Waals surface area contributed by atoms with Gasteiger partial charge in [0.25, 0.3) is 0 Å². The molecule has 2 aromatic heterocycles. The summed E-state index contributed by atoms with van der Waals surface area (Å²) < 4.78 is 12.5. The first-order chi connectivity index (χ1) is 13.3. The largest absolute Gasteiger partial charge is 0.494 e. The molecule has 0 aliphatic rings. The molecular formula is C20H24N4O3. The summed E-state index contributed by atoms with van der Waals surface area (Å²) in [4.78, 5) is 17.7. The average Bonchev–Trinajstić information content (AvgIpc) is 3.12. The van der Waals surface area contributed by atoms with Gasteiger partial charge < -0.3 is 19.2 Å². The summed E-state index contributed by atoms with van der Waals surface area (Å²) in [6, 6.07) is 9.81. The first-order valence-corrected chi connectivity index (χ1v) is 9.02. The number of benzene rings is 1. The number of aromatic nitrogens is 3. The Morgan fingerprint density at radius 2 is 2.15 bits per heavy atom. The molecule has 0 saturated carbocycles. The zero-order valence-corrected chi connectivity index (χ0v) is 15.7. The topological polar surface area (TPSA) is 69.0 Å². The van der Waals surface area contributed by atoms with Crippen molar-refractivity contribution in [3.05, 3.63) is 42.7 Å². The number of anilines is 1. The Bertz CT molecular complexity index is 894. The van der Waals surface area contributed by atoms with Crippen molar-refractivity contribution in [2.45, 2.75) is 13.3 Å². The maximum absolute atomic E-state index is 10.8. The van der Waals surface area contributed by atoms with Gasteiger partial charge in [-0.25, -0.2) is 9.50 Å². The van der Waals surface area contributed by atoms with E-state index in [1.54, 1.807) is 11.6 Å². The van der Waals surface area contributed by atoms with Gasteiger partial charge >= 0.3 is 0 Å². The number of carbonyl (C=O) groups is 1. The number of methoxy groups -OCH3 is 1. The molecule has 0 aliphatic heterocycles. The summed E-state index contributed by atoms with van der Waals surface area (Å²) in [6.45, 7) is 4.40. The summed E-state index contributed by atoms with van der Waals surface area (Å²) in [7, 11) is 1.66. The lowest BCUT2D eigenvalue weighted by Gasteiger charge is -2.22. The van der Waals surface area contributed by atoms with Gasteiger partial charge in [0, 0.05) is 38.4 Å². The zero-order valence-electron chi connectivity index (χ0n) is 15.7. The van der Waals surface area contributed by atoms with Crippen LogP contribution in [0.1, 0.15) is 13.3 Å². The molecule has 3 rings (SSSR count). The van der Waals surface area contributed by atoms with Crippen molar-refractivity contribution in [2.24, 2.45) is 0 Å². The lowest BCUT2D eigenvalue weighted by Crippen LogP contribution is -2.29. The van der Waals surface area contributed by atoms with Crippen LogP contribution >= 0.6 is 0 Å². The molecule has 0 bridgehead atoms. The highest BCUT2D eigenvalue weighted by atomic mass is 16.5. The van der Waals surface area contributed by atoms with Gasteiger partial charge in [-0.3, -0.25) is 0 Å². The Kier molecular flexibility index (Phi) is 6.38. The predicted molar refractivity (Wildman–Crippen MR) is 104 cm³/mol. The molecule has 3 aromatic rings. The van der Waals surface area contributed by atoms with Gasteiger partial charge in [0.1, 0.15) is 17.9 Å². The minimum atomic E-state index is 0.444. The highest BCUT2D eigenvalue weighted by molar-refractivity contribution is 5.78. The van der Waals surface area contributed by atoms with Crippen molar-refractivity contribution in [1.82, 2.24) is 14.6 Å². The average molecular weight is 368 g/mol. The number of fused-ring (bicyclic) bond motifs is 1. The van der Waals surface area contributed by atoms with E-state index in [1.165, 1.54) is 0 Å². The summed E-state index contributed by atoms with van der Waals surface area (Å²) >= 11 is 0. The summed E-state index contributed by atoms with van der Waals surface area (Å²) in [5.74, 6) is 1.61. The van der Waals surface area contributed by atoms with Crippen molar-refractivity contribution < 1.29 is 14.3 Å². The maximum Gasteiger partial charge on any atom is 0.165 e. The van der Waals surface area contributed by atoms with Crippen LogP contribution in [-0.4, -0.2) is 54.3 Å². The lowest BCUT2D eigenvalue weighted by atomic mass is 10.1. The fourth-order valence-electron chi connectivity index (χ4n) is 2.91. The number of carbonyl (C=O) groups excluding carboxylic acids is 1. The van der Waals surface area contributed by atoms with Crippen LogP contribution in [0.25, 0.3) is 16.8 Å². The van der Waals surface area contributed by atoms with E-state index in [0.29, 0.717) is 32.7 Å². The third-order valence-electron chi connectivity index (χ3n) is 4.22. The molecule has 7 heteroatoms. The number of hydrogen-bond acceptors (Lipinski definition) is 6. The third-order valence-corrected chi connectivity index (χ3v) is 4.22. The van der Waals surface area contributed by atoms with Crippen molar-refractivity contribution >= 4 is 17.8 Å². The molecular weight excluding hydrogens is 344 g/mol. The molecule has 0 fully saturated rings. The molecule has 1 aromatic carbocycles. The Morgan fingerprint density at radius 3 is 2.93 bits per heavy atom. The van der Waals surface area contributed by atoms with E-state index in [4.69, 9.17) is 14.5 Å². The van der Waals surface area contributed by atoms with Crippen LogP contribution in [0.5, 0.6) is 5.75 Å². The highest BCUT2D eigenvalue weighted by Crippen LogP contribution is 2.27. The van der Waals surface area contributed by atoms with Crippen molar-refractivity contribution in [3.63, 3.8) is 0 Å². The summed E-state index contributed by atoms with van der Waals surface area (Å²) in [5, 5.41) is 4.41. The minimum Gasteiger partial charge on any atom is -0.494 e. The molecule has 0 aliphatic carbocycles. The Balaban J connectivity index is 1.97. The molecule has 0 atom stereocenters.